The number of hydrogen-bond acceptors (Lipinski definition) is 8. The number of primary amides is 1. The van der Waals surface area contributed by atoms with Crippen LogP contribution in [-0.4, -0.2) is 59.9 Å². The van der Waals surface area contributed by atoms with Gasteiger partial charge in [-0.2, -0.15) is 5.26 Å². The Bertz CT molecular complexity index is 1450. The lowest BCUT2D eigenvalue weighted by atomic mass is 9.79. The second-order valence-electron chi connectivity index (χ2n) is 10.5. The molecule has 220 valence electrons. The van der Waals surface area contributed by atoms with E-state index in [4.69, 9.17) is 44.9 Å². The van der Waals surface area contributed by atoms with Gasteiger partial charge in [0.05, 0.1) is 45.5 Å². The van der Waals surface area contributed by atoms with Gasteiger partial charge in [-0.1, -0.05) is 23.2 Å². The average molecular weight is 623 g/mol. The minimum absolute atomic E-state index is 0.00224. The number of anilines is 2. The number of piperidine rings is 1. The van der Waals surface area contributed by atoms with E-state index in [1.54, 1.807) is 6.20 Å². The van der Waals surface area contributed by atoms with Gasteiger partial charge in [-0.25, -0.2) is 27.7 Å². The molecule has 2 heterocycles. The quantitative estimate of drug-likeness (QED) is 0.252. The van der Waals surface area contributed by atoms with Crippen molar-refractivity contribution in [2.75, 3.05) is 30.0 Å². The predicted octanol–water partition coefficient (Wildman–Crippen LogP) is 3.38. The van der Waals surface area contributed by atoms with Crippen LogP contribution in [-0.2, 0) is 21.2 Å². The van der Waals surface area contributed by atoms with Crippen LogP contribution in [0.1, 0.15) is 49.8 Å². The van der Waals surface area contributed by atoms with E-state index >= 15 is 0 Å². The third-order valence-corrected chi connectivity index (χ3v) is 9.29. The van der Waals surface area contributed by atoms with Gasteiger partial charge in [-0.05, 0) is 63.0 Å². The van der Waals surface area contributed by atoms with Crippen LogP contribution in [0.4, 0.5) is 17.3 Å². The summed E-state index contributed by atoms with van der Waals surface area (Å²) < 4.78 is 25.6. The Morgan fingerprint density at radius 2 is 1.88 bits per heavy atom. The highest BCUT2D eigenvalue weighted by Gasteiger charge is 2.28. The van der Waals surface area contributed by atoms with Gasteiger partial charge in [-0.3, -0.25) is 4.79 Å². The van der Waals surface area contributed by atoms with Crippen LogP contribution in [0, 0.1) is 23.2 Å². The molecule has 41 heavy (non-hydrogen) atoms. The standard InChI is InChI=1S/C26H33Cl2N9O3S/c1-41(39,40)37-8-2-3-18(14-37)33-26-32-13-22(21(35-26)11-15-4-6-17(7-5-15)24(30)38)34-25(31)36-23-19(27)9-16(12-29)10-20(23)28/h9-10,13,15,17-18H,2-8,11,14H2,1H3,(H2,30,38)(H3,31,34,36)(H,32,33,35)/t15-,17+,18-/m1/s1. The highest BCUT2D eigenvalue weighted by Crippen LogP contribution is 2.34. The van der Waals surface area contributed by atoms with E-state index in [0.717, 1.165) is 38.5 Å². The van der Waals surface area contributed by atoms with E-state index in [-0.39, 0.29) is 39.8 Å². The molecule has 1 atom stereocenters. The van der Waals surface area contributed by atoms with Crippen molar-refractivity contribution < 1.29 is 13.2 Å². The lowest BCUT2D eigenvalue weighted by Gasteiger charge is -2.31. The van der Waals surface area contributed by atoms with Gasteiger partial charge in [0.15, 0.2) is 5.96 Å². The molecule has 12 nitrogen and oxygen atoms in total. The summed E-state index contributed by atoms with van der Waals surface area (Å²) in [7, 11) is -3.30. The van der Waals surface area contributed by atoms with Crippen LogP contribution in [0.25, 0.3) is 0 Å². The average Bonchev–Trinajstić information content (AvgIpc) is 2.92. The minimum atomic E-state index is -3.30. The van der Waals surface area contributed by atoms with Gasteiger partial charge < -0.3 is 22.1 Å². The third-order valence-electron chi connectivity index (χ3n) is 7.43. The third kappa shape index (κ3) is 8.19. The smallest absolute Gasteiger partial charge is 0.223 e. The molecule has 0 bridgehead atoms. The fraction of sp³-hybridized carbons (Fsp3) is 0.500. The van der Waals surface area contributed by atoms with Crippen LogP contribution in [0.3, 0.4) is 0 Å². The zero-order valence-electron chi connectivity index (χ0n) is 22.6. The van der Waals surface area contributed by atoms with Crippen LogP contribution >= 0.6 is 23.2 Å². The number of carbonyl (C=O) groups is 1. The molecule has 1 saturated carbocycles. The molecule has 1 aromatic heterocycles. The van der Waals surface area contributed by atoms with Crippen molar-refractivity contribution in [1.82, 2.24) is 14.3 Å². The molecule has 2 fully saturated rings. The zero-order chi connectivity index (χ0) is 29.7. The fourth-order valence-electron chi connectivity index (χ4n) is 5.24. The van der Waals surface area contributed by atoms with Gasteiger partial charge in [0.1, 0.15) is 5.69 Å². The van der Waals surface area contributed by atoms with Crippen LogP contribution in [0.2, 0.25) is 10.0 Å². The van der Waals surface area contributed by atoms with Gasteiger partial charge in [0.2, 0.25) is 21.9 Å². The van der Waals surface area contributed by atoms with E-state index in [1.165, 1.54) is 22.7 Å². The molecule has 0 unspecified atom stereocenters. The molecular formula is C26H33Cl2N9O3S. The van der Waals surface area contributed by atoms with E-state index in [9.17, 15) is 13.2 Å². The topological polar surface area (TPSA) is 192 Å². The Balaban J connectivity index is 1.57. The van der Waals surface area contributed by atoms with Crippen molar-refractivity contribution in [1.29, 1.82) is 5.26 Å². The number of nitrogens with one attached hydrogen (secondary N) is 2. The Labute approximate surface area is 249 Å². The number of halogens is 2. The number of rotatable bonds is 8. The molecule has 1 aromatic carbocycles. The van der Waals surface area contributed by atoms with E-state index < -0.39 is 10.0 Å². The molecule has 1 saturated heterocycles. The molecule has 1 amide bonds. The fourth-order valence-corrected chi connectivity index (χ4v) is 6.73. The predicted molar refractivity (Wildman–Crippen MR) is 160 cm³/mol. The minimum Gasteiger partial charge on any atom is -0.369 e. The molecular weight excluding hydrogens is 589 g/mol. The van der Waals surface area contributed by atoms with Crippen LogP contribution in [0.15, 0.2) is 23.3 Å². The molecule has 1 aliphatic carbocycles. The summed E-state index contributed by atoms with van der Waals surface area (Å²) in [5.41, 5.74) is 13.4. The van der Waals surface area contributed by atoms with Gasteiger partial charge >= 0.3 is 0 Å². The van der Waals surface area contributed by atoms with Crippen molar-refractivity contribution in [2.24, 2.45) is 28.3 Å². The summed E-state index contributed by atoms with van der Waals surface area (Å²) in [5, 5.41) is 15.7. The Morgan fingerprint density at radius 1 is 1.20 bits per heavy atom. The lowest BCUT2D eigenvalue weighted by molar-refractivity contribution is -0.122. The maximum atomic E-state index is 12.1. The van der Waals surface area contributed by atoms with Crippen molar-refractivity contribution in [3.8, 4) is 6.07 Å². The zero-order valence-corrected chi connectivity index (χ0v) is 24.9. The first-order valence-electron chi connectivity index (χ1n) is 13.3. The monoisotopic (exact) mass is 621 g/mol. The molecule has 15 heteroatoms. The SMILES string of the molecule is CS(=O)(=O)N1CCC[C@@H](Nc2ncc(/N=C(\N)Nc3c(Cl)cc(C#N)cc3Cl)c(C[C@H]3CC[C@@H](C(N)=O)CC3)n2)C1. The number of benzene rings is 1. The molecule has 6 N–H and O–H groups in total. The first kappa shape index (κ1) is 30.8. The Morgan fingerprint density at radius 3 is 2.49 bits per heavy atom. The van der Waals surface area contributed by atoms with Crippen molar-refractivity contribution in [2.45, 2.75) is 51.0 Å². The Kier molecular flexibility index (Phi) is 9.91. The number of nitrogens with two attached hydrogens (primary N) is 2. The van der Waals surface area contributed by atoms with Gasteiger partial charge in [0.25, 0.3) is 0 Å². The summed E-state index contributed by atoms with van der Waals surface area (Å²) in [6.45, 7) is 0.821. The number of nitrogens with zero attached hydrogens (tertiary/aromatic N) is 5. The summed E-state index contributed by atoms with van der Waals surface area (Å²) in [6.07, 6.45) is 7.94. The second-order valence-corrected chi connectivity index (χ2v) is 13.3. The van der Waals surface area contributed by atoms with Crippen LogP contribution in [0.5, 0.6) is 0 Å². The number of amides is 1. The highest BCUT2D eigenvalue weighted by atomic mass is 35.5. The van der Waals surface area contributed by atoms with E-state index in [2.05, 4.69) is 20.6 Å². The number of hydrogen-bond donors (Lipinski definition) is 4. The number of aromatic nitrogens is 2. The van der Waals surface area contributed by atoms with Crippen LogP contribution < -0.4 is 22.1 Å². The first-order chi connectivity index (χ1) is 19.4. The van der Waals surface area contributed by atoms with Gasteiger partial charge in [-0.15, -0.1) is 0 Å². The molecule has 1 aliphatic heterocycles. The number of sulfonamides is 1. The number of guanidine groups is 1. The molecule has 2 aliphatic rings. The Hall–Kier alpha value is -3.18. The summed E-state index contributed by atoms with van der Waals surface area (Å²) >= 11 is 12.6. The largest absolute Gasteiger partial charge is 0.369 e. The molecule has 0 radical (unpaired) electrons. The maximum absolute atomic E-state index is 12.1. The van der Waals surface area contributed by atoms with Gasteiger partial charge in [0, 0.05) is 25.0 Å². The number of aliphatic imine (C=N–C) groups is 1. The number of nitriles is 1. The summed E-state index contributed by atoms with van der Waals surface area (Å²) in [4.78, 5) is 25.3. The highest BCUT2D eigenvalue weighted by molar-refractivity contribution is 7.88. The summed E-state index contributed by atoms with van der Waals surface area (Å²) in [5.74, 6) is 0.246. The normalized spacial score (nSPS) is 22.1. The number of carbonyl (C=O) groups excluding carboxylic acids is 1. The summed E-state index contributed by atoms with van der Waals surface area (Å²) in [6, 6.07) is 4.79. The second kappa shape index (κ2) is 13.2. The van der Waals surface area contributed by atoms with E-state index in [1.807, 2.05) is 6.07 Å². The van der Waals surface area contributed by atoms with Crippen molar-refractivity contribution in [3.05, 3.63) is 39.6 Å². The molecule has 2 aromatic rings. The lowest BCUT2D eigenvalue weighted by Crippen LogP contribution is -2.44. The van der Waals surface area contributed by atoms with Crippen molar-refractivity contribution >= 4 is 62.4 Å². The van der Waals surface area contributed by atoms with E-state index in [0.29, 0.717) is 48.1 Å². The molecule has 0 spiro atoms. The maximum Gasteiger partial charge on any atom is 0.223 e. The molecule has 4 rings (SSSR count). The van der Waals surface area contributed by atoms with Crippen molar-refractivity contribution in [3.63, 3.8) is 0 Å². The first-order valence-corrected chi connectivity index (χ1v) is 15.9.